The van der Waals surface area contributed by atoms with E-state index < -0.39 is 6.04 Å². The van der Waals surface area contributed by atoms with Gasteiger partial charge in [-0.2, -0.15) is 0 Å². The molecule has 0 unspecified atom stereocenters. The van der Waals surface area contributed by atoms with E-state index in [-0.39, 0.29) is 18.2 Å². The molecular weight excluding hydrogens is 374 g/mol. The molecule has 0 saturated carbocycles. The molecule has 1 saturated heterocycles. The van der Waals surface area contributed by atoms with E-state index in [2.05, 4.69) is 22.3 Å². The molecule has 2 aromatic carbocycles. The molecular formula is C22H26ClN3O2. The van der Waals surface area contributed by atoms with Crippen molar-refractivity contribution in [2.45, 2.75) is 25.9 Å². The van der Waals surface area contributed by atoms with Gasteiger partial charge in [0, 0.05) is 37.7 Å². The van der Waals surface area contributed by atoms with Crippen LogP contribution in [0.1, 0.15) is 18.1 Å². The van der Waals surface area contributed by atoms with Gasteiger partial charge >= 0.3 is 0 Å². The minimum atomic E-state index is -0.527. The molecule has 148 valence electrons. The summed E-state index contributed by atoms with van der Waals surface area (Å²) >= 11 is 5.86. The Morgan fingerprint density at radius 1 is 0.964 bits per heavy atom. The summed E-state index contributed by atoms with van der Waals surface area (Å²) in [7, 11) is 0. The van der Waals surface area contributed by atoms with Crippen molar-refractivity contribution in [2.24, 2.45) is 0 Å². The number of benzene rings is 2. The SMILES string of the molecule is C[C@H](NC(=O)Cc1ccc(Cl)cc1)C(=O)N1CCN(Cc2ccccc2)CC1. The minimum absolute atomic E-state index is 0.0242. The van der Waals surface area contributed by atoms with Gasteiger partial charge in [-0.25, -0.2) is 0 Å². The molecule has 2 aromatic rings. The first-order chi connectivity index (χ1) is 13.5. The van der Waals surface area contributed by atoms with Gasteiger partial charge in [0.05, 0.1) is 6.42 Å². The Balaban J connectivity index is 1.43. The largest absolute Gasteiger partial charge is 0.344 e. The highest BCUT2D eigenvalue weighted by molar-refractivity contribution is 6.30. The van der Waals surface area contributed by atoms with Crippen LogP contribution in [0.4, 0.5) is 0 Å². The van der Waals surface area contributed by atoms with Gasteiger partial charge in [0.2, 0.25) is 11.8 Å². The zero-order valence-corrected chi connectivity index (χ0v) is 16.9. The molecule has 0 radical (unpaired) electrons. The lowest BCUT2D eigenvalue weighted by Gasteiger charge is -2.36. The molecule has 1 aliphatic heterocycles. The van der Waals surface area contributed by atoms with Gasteiger partial charge in [-0.1, -0.05) is 54.1 Å². The molecule has 2 amide bonds. The lowest BCUT2D eigenvalue weighted by atomic mass is 10.1. The Bertz CT molecular complexity index is 787. The summed E-state index contributed by atoms with van der Waals surface area (Å²) in [4.78, 5) is 29.1. The number of carbonyl (C=O) groups is 2. The predicted molar refractivity (Wildman–Crippen MR) is 111 cm³/mol. The highest BCUT2D eigenvalue weighted by Crippen LogP contribution is 2.11. The molecule has 0 aromatic heterocycles. The molecule has 1 aliphatic rings. The van der Waals surface area contributed by atoms with Gasteiger partial charge in [0.1, 0.15) is 6.04 Å². The fourth-order valence-corrected chi connectivity index (χ4v) is 3.51. The van der Waals surface area contributed by atoms with E-state index in [0.717, 1.165) is 25.2 Å². The van der Waals surface area contributed by atoms with Crippen molar-refractivity contribution >= 4 is 23.4 Å². The second-order valence-electron chi connectivity index (χ2n) is 7.18. The van der Waals surface area contributed by atoms with Gasteiger partial charge in [-0.05, 0) is 30.2 Å². The topological polar surface area (TPSA) is 52.7 Å². The number of halogens is 1. The van der Waals surface area contributed by atoms with Gasteiger partial charge in [0.15, 0.2) is 0 Å². The zero-order valence-electron chi connectivity index (χ0n) is 16.1. The standard InChI is InChI=1S/C22H26ClN3O2/c1-17(24-21(27)15-18-7-9-20(23)10-8-18)22(28)26-13-11-25(12-14-26)16-19-5-3-2-4-6-19/h2-10,17H,11-16H2,1H3,(H,24,27)/t17-/m0/s1. The van der Waals surface area contributed by atoms with E-state index in [1.54, 1.807) is 19.1 Å². The van der Waals surface area contributed by atoms with Crippen molar-refractivity contribution < 1.29 is 9.59 Å². The second-order valence-corrected chi connectivity index (χ2v) is 7.62. The average molecular weight is 400 g/mol. The zero-order chi connectivity index (χ0) is 19.9. The Morgan fingerprint density at radius 3 is 2.25 bits per heavy atom. The van der Waals surface area contributed by atoms with Gasteiger partial charge in [-0.15, -0.1) is 0 Å². The summed E-state index contributed by atoms with van der Waals surface area (Å²) in [6, 6.07) is 17.0. The Labute approximate surface area is 171 Å². The maximum atomic E-state index is 12.7. The third-order valence-corrected chi connectivity index (χ3v) is 5.21. The normalized spacial score (nSPS) is 15.9. The highest BCUT2D eigenvalue weighted by Gasteiger charge is 2.25. The van der Waals surface area contributed by atoms with Crippen LogP contribution in [-0.4, -0.2) is 53.8 Å². The first-order valence-electron chi connectivity index (χ1n) is 9.60. The molecule has 0 aliphatic carbocycles. The molecule has 1 heterocycles. The van der Waals surface area contributed by atoms with Crippen molar-refractivity contribution in [3.05, 3.63) is 70.7 Å². The summed E-state index contributed by atoms with van der Waals surface area (Å²) in [5.41, 5.74) is 2.15. The number of nitrogens with one attached hydrogen (secondary N) is 1. The Morgan fingerprint density at radius 2 is 1.61 bits per heavy atom. The van der Waals surface area contributed by atoms with E-state index in [1.807, 2.05) is 35.2 Å². The third-order valence-electron chi connectivity index (χ3n) is 4.96. The van der Waals surface area contributed by atoms with Crippen LogP contribution in [0.25, 0.3) is 0 Å². The first-order valence-corrected chi connectivity index (χ1v) is 9.98. The number of carbonyl (C=O) groups excluding carboxylic acids is 2. The molecule has 0 bridgehead atoms. The van der Waals surface area contributed by atoms with Crippen LogP contribution in [-0.2, 0) is 22.6 Å². The summed E-state index contributed by atoms with van der Waals surface area (Å²) in [5.74, 6) is -0.185. The van der Waals surface area contributed by atoms with E-state index in [9.17, 15) is 9.59 Å². The van der Waals surface area contributed by atoms with Crippen molar-refractivity contribution in [2.75, 3.05) is 26.2 Å². The van der Waals surface area contributed by atoms with Crippen molar-refractivity contribution in [3.8, 4) is 0 Å². The van der Waals surface area contributed by atoms with Crippen LogP contribution in [0, 0.1) is 0 Å². The average Bonchev–Trinajstić information content (AvgIpc) is 2.70. The van der Waals surface area contributed by atoms with E-state index in [4.69, 9.17) is 11.6 Å². The summed E-state index contributed by atoms with van der Waals surface area (Å²) in [6.45, 7) is 5.69. The Kier molecular flexibility index (Phi) is 7.06. The first kappa shape index (κ1) is 20.4. The number of piperazine rings is 1. The number of rotatable bonds is 6. The maximum absolute atomic E-state index is 12.7. The summed E-state index contributed by atoms with van der Waals surface area (Å²) in [5, 5.41) is 3.45. The van der Waals surface area contributed by atoms with Crippen LogP contribution in [0.15, 0.2) is 54.6 Å². The predicted octanol–water partition coefficient (Wildman–Crippen LogP) is 2.73. The lowest BCUT2D eigenvalue weighted by Crippen LogP contribution is -2.54. The highest BCUT2D eigenvalue weighted by atomic mass is 35.5. The van der Waals surface area contributed by atoms with Crippen LogP contribution in [0.2, 0.25) is 5.02 Å². The molecule has 3 rings (SSSR count). The summed E-state index contributed by atoms with van der Waals surface area (Å²) in [6.07, 6.45) is 0.236. The number of hydrogen-bond acceptors (Lipinski definition) is 3. The summed E-state index contributed by atoms with van der Waals surface area (Å²) < 4.78 is 0. The van der Waals surface area contributed by atoms with Gasteiger partial charge in [-0.3, -0.25) is 14.5 Å². The van der Waals surface area contributed by atoms with Gasteiger partial charge < -0.3 is 10.2 Å². The molecule has 1 fully saturated rings. The minimum Gasteiger partial charge on any atom is -0.344 e. The van der Waals surface area contributed by atoms with Crippen LogP contribution in [0.5, 0.6) is 0 Å². The number of amides is 2. The third kappa shape index (κ3) is 5.81. The maximum Gasteiger partial charge on any atom is 0.244 e. The smallest absolute Gasteiger partial charge is 0.244 e. The molecule has 5 nitrogen and oxygen atoms in total. The van der Waals surface area contributed by atoms with Crippen molar-refractivity contribution in [1.82, 2.24) is 15.1 Å². The van der Waals surface area contributed by atoms with E-state index in [1.165, 1.54) is 5.56 Å². The van der Waals surface area contributed by atoms with Crippen molar-refractivity contribution in [3.63, 3.8) is 0 Å². The lowest BCUT2D eigenvalue weighted by molar-refractivity contribution is -0.137. The number of nitrogens with zero attached hydrogens (tertiary/aromatic N) is 2. The monoisotopic (exact) mass is 399 g/mol. The molecule has 1 N–H and O–H groups in total. The van der Waals surface area contributed by atoms with E-state index in [0.29, 0.717) is 18.1 Å². The van der Waals surface area contributed by atoms with Crippen LogP contribution >= 0.6 is 11.6 Å². The fourth-order valence-electron chi connectivity index (χ4n) is 3.38. The fraction of sp³-hybridized carbons (Fsp3) is 0.364. The van der Waals surface area contributed by atoms with E-state index >= 15 is 0 Å². The van der Waals surface area contributed by atoms with Gasteiger partial charge in [0.25, 0.3) is 0 Å². The van der Waals surface area contributed by atoms with Crippen LogP contribution < -0.4 is 5.32 Å². The molecule has 28 heavy (non-hydrogen) atoms. The second kappa shape index (κ2) is 9.71. The quantitative estimate of drug-likeness (QED) is 0.812. The number of hydrogen-bond donors (Lipinski definition) is 1. The molecule has 0 spiro atoms. The van der Waals surface area contributed by atoms with Crippen molar-refractivity contribution in [1.29, 1.82) is 0 Å². The molecule has 6 heteroatoms. The molecule has 1 atom stereocenters. The van der Waals surface area contributed by atoms with Crippen LogP contribution in [0.3, 0.4) is 0 Å². The Hall–Kier alpha value is -2.37.